The summed E-state index contributed by atoms with van der Waals surface area (Å²) in [6.45, 7) is 0. The summed E-state index contributed by atoms with van der Waals surface area (Å²) >= 11 is 30.4. The summed E-state index contributed by atoms with van der Waals surface area (Å²) in [4.78, 5) is 12.4. The van der Waals surface area contributed by atoms with Crippen molar-refractivity contribution in [2.45, 2.75) is 13.6 Å². The van der Waals surface area contributed by atoms with Gasteiger partial charge in [-0.15, -0.1) is 0 Å². The molecule has 0 heterocycles. The van der Waals surface area contributed by atoms with E-state index < -0.39 is 24.5 Å². The lowest BCUT2D eigenvalue weighted by atomic mass is 9.87. The van der Waals surface area contributed by atoms with E-state index in [1.807, 2.05) is 0 Å². The number of hydrogen-bond donors (Lipinski definition) is 0. The number of nitrogens with zero attached hydrogens (tertiary/aromatic N) is 1. The predicted molar refractivity (Wildman–Crippen MR) is 105 cm³/mol. The lowest BCUT2D eigenvalue weighted by Crippen LogP contribution is -2.53. The van der Waals surface area contributed by atoms with Crippen molar-refractivity contribution in [2.24, 2.45) is 4.40 Å². The Morgan fingerprint density at radius 3 is 1.92 bits per heavy atom. The minimum absolute atomic E-state index is 0.0690. The summed E-state index contributed by atoms with van der Waals surface area (Å²) in [7, 11) is -4.23. The molecule has 0 unspecified atom stereocenters. The Labute approximate surface area is 174 Å². The summed E-state index contributed by atoms with van der Waals surface area (Å²) < 4.78 is 24.5. The Bertz CT molecular complexity index is 1030. The molecule has 2 aromatic carbocycles. The molecule has 0 radical (unpaired) electrons. The third kappa shape index (κ3) is 3.15. The second-order valence-electron chi connectivity index (χ2n) is 5.39. The molecule has 0 aliphatic heterocycles. The molecule has 0 aromatic heterocycles. The van der Waals surface area contributed by atoms with Crippen molar-refractivity contribution in [1.29, 1.82) is 0 Å². The molecule has 0 N–H and O–H groups in total. The monoisotopic (exact) mass is 469 g/mol. The van der Waals surface area contributed by atoms with Crippen LogP contribution in [-0.4, -0.2) is 28.6 Å². The summed E-state index contributed by atoms with van der Waals surface area (Å²) in [5.41, 5.74) is -0.132. The van der Waals surface area contributed by atoms with E-state index >= 15 is 0 Å². The molecule has 0 bridgehead atoms. The van der Waals surface area contributed by atoms with Crippen LogP contribution >= 0.6 is 58.0 Å². The van der Waals surface area contributed by atoms with E-state index in [4.69, 9.17) is 58.0 Å². The molecule has 10 heteroatoms. The van der Waals surface area contributed by atoms with Gasteiger partial charge in [0, 0.05) is 16.1 Å². The van der Waals surface area contributed by atoms with Gasteiger partial charge in [0.15, 0.2) is 0 Å². The number of halogens is 5. The minimum Gasteiger partial charge on any atom is -0.291 e. The van der Waals surface area contributed by atoms with Gasteiger partial charge in [-0.1, -0.05) is 82.3 Å². The maximum absolute atomic E-state index is 12.7. The number of alkyl halides is 4. The third-order valence-corrected chi connectivity index (χ3v) is 7.49. The molecule has 3 rings (SSSR count). The summed E-state index contributed by atoms with van der Waals surface area (Å²) in [5.74, 6) is -0.746. The first-order chi connectivity index (χ1) is 12.0. The first kappa shape index (κ1) is 19.9. The van der Waals surface area contributed by atoms with Crippen LogP contribution in [0.15, 0.2) is 57.8 Å². The first-order valence-corrected chi connectivity index (χ1v) is 10.3. The van der Waals surface area contributed by atoms with Crippen molar-refractivity contribution in [3.8, 4) is 0 Å². The highest BCUT2D eigenvalue weighted by atomic mass is 35.5. The highest BCUT2D eigenvalue weighted by molar-refractivity contribution is 7.90. The minimum atomic E-state index is -4.23. The van der Waals surface area contributed by atoms with Gasteiger partial charge in [-0.05, 0) is 24.3 Å². The van der Waals surface area contributed by atoms with E-state index in [1.165, 1.54) is 36.4 Å². The van der Waals surface area contributed by atoms with Gasteiger partial charge in [-0.25, -0.2) is 0 Å². The van der Waals surface area contributed by atoms with Crippen molar-refractivity contribution >= 4 is 79.5 Å². The molecule has 1 aliphatic carbocycles. The van der Waals surface area contributed by atoms with Gasteiger partial charge in [0.25, 0.3) is 10.0 Å². The number of Topliss-reactive ketones (excluding diaryl/α,β-unsaturated/α-hetero) is 1. The second kappa shape index (κ2) is 6.66. The maximum atomic E-state index is 12.7. The molecule has 2 aromatic rings. The molecular formula is C16H8Cl5NO3S. The fourth-order valence-electron chi connectivity index (χ4n) is 2.40. The molecular weight excluding hydrogens is 464 g/mol. The maximum Gasteiger partial charge on any atom is 0.282 e. The number of carbonyl (C=O) groups is 1. The average molecular weight is 472 g/mol. The smallest absolute Gasteiger partial charge is 0.282 e. The van der Waals surface area contributed by atoms with Gasteiger partial charge >= 0.3 is 0 Å². The van der Waals surface area contributed by atoms with Crippen molar-refractivity contribution < 1.29 is 13.2 Å². The summed E-state index contributed by atoms with van der Waals surface area (Å²) in [6.07, 6.45) is 0. The van der Waals surface area contributed by atoms with Crippen LogP contribution in [0.5, 0.6) is 0 Å². The van der Waals surface area contributed by atoms with Gasteiger partial charge in [-0.3, -0.25) is 4.79 Å². The number of sulfonamides is 1. The number of fused-ring (bicyclic) bond motifs is 1. The standard InChI is InChI=1S/C16H8Cl5NO3S/c17-9-5-7-10(8-6-9)26(24,25)22-13-11-3-1-2-4-12(11)14(23)16(20,21)15(13,18)19/h1-8H. The van der Waals surface area contributed by atoms with E-state index in [1.54, 1.807) is 12.1 Å². The fraction of sp³-hybridized carbons (Fsp3) is 0.125. The highest BCUT2D eigenvalue weighted by Gasteiger charge is 2.61. The number of carbonyl (C=O) groups excluding carboxylic acids is 1. The Kier molecular flexibility index (Phi) is 5.10. The predicted octanol–water partition coefficient (Wildman–Crippen LogP) is 5.06. The Morgan fingerprint density at radius 2 is 1.35 bits per heavy atom. The van der Waals surface area contributed by atoms with Gasteiger partial charge in [0.05, 0.1) is 4.90 Å². The number of rotatable bonds is 2. The fourth-order valence-corrected chi connectivity index (χ4v) is 4.53. The number of ketones is 1. The quantitative estimate of drug-likeness (QED) is 0.575. The topological polar surface area (TPSA) is 63.6 Å². The lowest BCUT2D eigenvalue weighted by molar-refractivity contribution is 0.0969. The van der Waals surface area contributed by atoms with Gasteiger partial charge < -0.3 is 0 Å². The van der Waals surface area contributed by atoms with Crippen LogP contribution in [-0.2, 0) is 10.0 Å². The van der Waals surface area contributed by atoms with Crippen LogP contribution < -0.4 is 0 Å². The van der Waals surface area contributed by atoms with Gasteiger partial charge in [0.1, 0.15) is 5.71 Å². The number of hydrogen-bond acceptors (Lipinski definition) is 3. The van der Waals surface area contributed by atoms with E-state index in [2.05, 4.69) is 4.40 Å². The summed E-state index contributed by atoms with van der Waals surface area (Å²) in [6, 6.07) is 11.4. The Hall–Kier alpha value is -0.820. The lowest BCUT2D eigenvalue weighted by Gasteiger charge is -2.37. The molecule has 26 heavy (non-hydrogen) atoms. The second-order valence-corrected chi connectivity index (χ2v) is 10.1. The zero-order valence-electron chi connectivity index (χ0n) is 12.6. The SMILES string of the molecule is O=C1c2ccccc2C(=NS(=O)(=O)c2ccc(Cl)cc2)C(Cl)(Cl)C1(Cl)Cl. The molecule has 0 spiro atoms. The highest BCUT2D eigenvalue weighted by Crippen LogP contribution is 2.51. The van der Waals surface area contributed by atoms with E-state index in [-0.39, 0.29) is 21.7 Å². The molecule has 4 nitrogen and oxygen atoms in total. The van der Waals surface area contributed by atoms with Crippen LogP contribution in [0.25, 0.3) is 0 Å². The summed E-state index contributed by atoms with van der Waals surface area (Å²) in [5, 5.41) is 0.356. The normalized spacial score (nSPS) is 20.0. The third-order valence-electron chi connectivity index (χ3n) is 3.73. The average Bonchev–Trinajstić information content (AvgIpc) is 2.58. The molecule has 0 atom stereocenters. The number of benzene rings is 2. The zero-order valence-corrected chi connectivity index (χ0v) is 17.2. The molecule has 0 saturated carbocycles. The van der Waals surface area contributed by atoms with Crippen molar-refractivity contribution in [3.05, 3.63) is 64.7 Å². The van der Waals surface area contributed by atoms with E-state index in [0.717, 1.165) is 0 Å². The van der Waals surface area contributed by atoms with Crippen LogP contribution in [0.1, 0.15) is 15.9 Å². The zero-order chi connectivity index (χ0) is 19.3. The van der Waals surface area contributed by atoms with Crippen molar-refractivity contribution in [2.75, 3.05) is 0 Å². The van der Waals surface area contributed by atoms with E-state index in [9.17, 15) is 13.2 Å². The van der Waals surface area contributed by atoms with Crippen molar-refractivity contribution in [3.63, 3.8) is 0 Å². The van der Waals surface area contributed by atoms with Crippen LogP contribution in [0, 0.1) is 0 Å². The van der Waals surface area contributed by atoms with Crippen molar-refractivity contribution in [1.82, 2.24) is 0 Å². The molecule has 0 amide bonds. The van der Waals surface area contributed by atoms with Crippen LogP contribution in [0.2, 0.25) is 5.02 Å². The first-order valence-electron chi connectivity index (χ1n) is 6.99. The molecule has 0 fully saturated rings. The largest absolute Gasteiger partial charge is 0.291 e. The Morgan fingerprint density at radius 1 is 0.808 bits per heavy atom. The van der Waals surface area contributed by atoms with Crippen LogP contribution in [0.3, 0.4) is 0 Å². The molecule has 1 aliphatic rings. The molecule has 136 valence electrons. The molecule has 0 saturated heterocycles. The van der Waals surface area contributed by atoms with E-state index in [0.29, 0.717) is 5.02 Å². The van der Waals surface area contributed by atoms with Gasteiger partial charge in [0.2, 0.25) is 14.4 Å². The van der Waals surface area contributed by atoms with Crippen LogP contribution in [0.4, 0.5) is 0 Å². The van der Waals surface area contributed by atoms with Gasteiger partial charge in [-0.2, -0.15) is 12.8 Å². The Balaban J connectivity index is 2.28.